The smallest absolute Gasteiger partial charge is 0.0206 e. The minimum absolute atomic E-state index is 0.0880. The molecule has 1 rings (SSSR count). The van der Waals surface area contributed by atoms with Gasteiger partial charge in [0.15, 0.2) is 0 Å². The van der Waals surface area contributed by atoms with Gasteiger partial charge in [-0.05, 0) is 24.2 Å². The Bertz CT molecular complexity index is 160. The van der Waals surface area contributed by atoms with Crippen molar-refractivity contribution in [1.82, 2.24) is 0 Å². The van der Waals surface area contributed by atoms with Crippen LogP contribution < -0.4 is 5.73 Å². The molecule has 0 spiro atoms. The number of rotatable bonds is 1. The summed E-state index contributed by atoms with van der Waals surface area (Å²) in [5.74, 6) is 0.774. The van der Waals surface area contributed by atoms with Gasteiger partial charge in [-0.25, -0.2) is 0 Å². The lowest BCUT2D eigenvalue weighted by Crippen LogP contribution is -2.57. The predicted molar refractivity (Wildman–Crippen MR) is 54.0 cm³/mol. The first-order valence-corrected chi connectivity index (χ1v) is 5.23. The van der Waals surface area contributed by atoms with E-state index in [0.717, 1.165) is 12.3 Å². The molecule has 1 fully saturated rings. The lowest BCUT2D eigenvalue weighted by Gasteiger charge is -2.51. The van der Waals surface area contributed by atoms with E-state index in [4.69, 9.17) is 5.73 Å². The fraction of sp³-hybridized carbons (Fsp3) is 1.00. The molecule has 1 aliphatic carbocycles. The van der Waals surface area contributed by atoms with Crippen LogP contribution in [0.5, 0.6) is 0 Å². The van der Waals surface area contributed by atoms with Crippen LogP contribution in [-0.2, 0) is 0 Å². The van der Waals surface area contributed by atoms with E-state index in [2.05, 4.69) is 27.7 Å². The summed E-state index contributed by atoms with van der Waals surface area (Å²) in [5, 5.41) is 0. The van der Waals surface area contributed by atoms with Crippen molar-refractivity contribution >= 4 is 0 Å². The topological polar surface area (TPSA) is 26.0 Å². The molecule has 0 saturated heterocycles. The zero-order valence-electron chi connectivity index (χ0n) is 8.98. The minimum Gasteiger partial charge on any atom is -0.325 e. The Balaban J connectivity index is 2.86. The summed E-state index contributed by atoms with van der Waals surface area (Å²) in [5.41, 5.74) is 6.83. The Morgan fingerprint density at radius 2 is 2.00 bits per heavy atom. The molecule has 0 aromatic heterocycles. The van der Waals surface area contributed by atoms with Crippen molar-refractivity contribution in [2.75, 3.05) is 0 Å². The molecule has 0 aliphatic heterocycles. The van der Waals surface area contributed by atoms with Crippen molar-refractivity contribution in [3.63, 3.8) is 0 Å². The molecule has 2 N–H and O–H groups in total. The fourth-order valence-electron chi connectivity index (χ4n) is 2.53. The van der Waals surface area contributed by atoms with Gasteiger partial charge in [-0.1, -0.05) is 40.5 Å². The highest BCUT2D eigenvalue weighted by Gasteiger charge is 2.45. The fourth-order valence-corrected chi connectivity index (χ4v) is 2.53. The van der Waals surface area contributed by atoms with Gasteiger partial charge in [-0.3, -0.25) is 0 Å². The van der Waals surface area contributed by atoms with E-state index in [1.165, 1.54) is 19.3 Å². The molecule has 72 valence electrons. The molecule has 0 bridgehead atoms. The average Bonchev–Trinajstić information content (AvgIpc) is 2.01. The van der Waals surface area contributed by atoms with Gasteiger partial charge in [0, 0.05) is 5.54 Å². The van der Waals surface area contributed by atoms with Gasteiger partial charge < -0.3 is 5.73 Å². The van der Waals surface area contributed by atoms with Crippen LogP contribution in [0.3, 0.4) is 0 Å². The van der Waals surface area contributed by atoms with E-state index < -0.39 is 0 Å². The molecule has 0 amide bonds. The van der Waals surface area contributed by atoms with E-state index in [0.29, 0.717) is 5.41 Å². The first-order chi connectivity index (χ1) is 5.44. The molecule has 0 aromatic carbocycles. The zero-order valence-corrected chi connectivity index (χ0v) is 8.98. The zero-order chi connectivity index (χ0) is 9.41. The highest BCUT2D eigenvalue weighted by atomic mass is 14.8. The molecule has 1 saturated carbocycles. The molecule has 2 atom stereocenters. The van der Waals surface area contributed by atoms with Crippen LogP contribution in [0.2, 0.25) is 0 Å². The third kappa shape index (κ3) is 1.28. The normalized spacial score (nSPS) is 41.2. The Hall–Kier alpha value is -0.0400. The van der Waals surface area contributed by atoms with Crippen molar-refractivity contribution in [3.8, 4) is 0 Å². The number of hydrogen-bond acceptors (Lipinski definition) is 1. The first-order valence-electron chi connectivity index (χ1n) is 5.23. The van der Waals surface area contributed by atoms with E-state index in [1.807, 2.05) is 0 Å². The monoisotopic (exact) mass is 169 g/mol. The van der Waals surface area contributed by atoms with Crippen molar-refractivity contribution in [2.24, 2.45) is 17.1 Å². The van der Waals surface area contributed by atoms with Crippen molar-refractivity contribution in [3.05, 3.63) is 0 Å². The SMILES string of the molecule is CC[C@@]1(N)CCC[C@@H](C)C1(C)C. The molecular weight excluding hydrogens is 146 g/mol. The number of hydrogen-bond donors (Lipinski definition) is 1. The van der Waals surface area contributed by atoms with Crippen LogP contribution in [0.1, 0.15) is 53.4 Å². The lowest BCUT2D eigenvalue weighted by atomic mass is 9.58. The molecule has 12 heavy (non-hydrogen) atoms. The van der Waals surface area contributed by atoms with E-state index >= 15 is 0 Å². The van der Waals surface area contributed by atoms with Crippen LogP contribution in [0, 0.1) is 11.3 Å². The summed E-state index contributed by atoms with van der Waals surface area (Å²) < 4.78 is 0. The van der Waals surface area contributed by atoms with Gasteiger partial charge in [-0.15, -0.1) is 0 Å². The van der Waals surface area contributed by atoms with Gasteiger partial charge in [0.05, 0.1) is 0 Å². The highest BCUT2D eigenvalue weighted by molar-refractivity contribution is 5.01. The van der Waals surface area contributed by atoms with Crippen molar-refractivity contribution < 1.29 is 0 Å². The molecule has 1 heteroatoms. The third-order valence-electron chi connectivity index (χ3n) is 4.41. The quantitative estimate of drug-likeness (QED) is 0.641. The highest BCUT2D eigenvalue weighted by Crippen LogP contribution is 2.47. The second-order valence-corrected chi connectivity index (χ2v) is 5.02. The summed E-state index contributed by atoms with van der Waals surface area (Å²) >= 11 is 0. The molecule has 1 nitrogen and oxygen atoms in total. The van der Waals surface area contributed by atoms with Gasteiger partial charge in [0.1, 0.15) is 0 Å². The summed E-state index contributed by atoms with van der Waals surface area (Å²) in [4.78, 5) is 0. The Labute approximate surface area is 76.7 Å². The summed E-state index contributed by atoms with van der Waals surface area (Å²) in [7, 11) is 0. The van der Waals surface area contributed by atoms with E-state index in [1.54, 1.807) is 0 Å². The summed E-state index contributed by atoms with van der Waals surface area (Å²) in [6.07, 6.45) is 4.99. The maximum atomic E-state index is 6.43. The second-order valence-electron chi connectivity index (χ2n) is 5.02. The van der Waals surface area contributed by atoms with Crippen LogP contribution in [-0.4, -0.2) is 5.54 Å². The Kier molecular flexibility index (Phi) is 2.53. The van der Waals surface area contributed by atoms with E-state index in [9.17, 15) is 0 Å². The van der Waals surface area contributed by atoms with Crippen LogP contribution in [0.25, 0.3) is 0 Å². The second kappa shape index (κ2) is 3.02. The number of nitrogens with two attached hydrogens (primary N) is 1. The van der Waals surface area contributed by atoms with Gasteiger partial charge in [0.25, 0.3) is 0 Å². The van der Waals surface area contributed by atoms with Crippen molar-refractivity contribution in [1.29, 1.82) is 0 Å². The standard InChI is InChI=1S/C11H23N/c1-5-11(12)8-6-7-9(2)10(11,3)4/h9H,5-8,12H2,1-4H3/t9-,11-/m1/s1. The van der Waals surface area contributed by atoms with Crippen LogP contribution >= 0.6 is 0 Å². The van der Waals surface area contributed by atoms with E-state index in [-0.39, 0.29) is 5.54 Å². The molecular formula is C11H23N. The first kappa shape index (κ1) is 10.0. The molecule has 0 aromatic rings. The minimum atomic E-state index is 0.0880. The molecule has 0 unspecified atom stereocenters. The average molecular weight is 169 g/mol. The lowest BCUT2D eigenvalue weighted by molar-refractivity contribution is 0.0384. The third-order valence-corrected chi connectivity index (χ3v) is 4.41. The predicted octanol–water partition coefficient (Wildman–Crippen LogP) is 2.94. The van der Waals surface area contributed by atoms with Gasteiger partial charge >= 0.3 is 0 Å². The summed E-state index contributed by atoms with van der Waals surface area (Å²) in [6.45, 7) is 9.23. The van der Waals surface area contributed by atoms with Crippen LogP contribution in [0.15, 0.2) is 0 Å². The maximum Gasteiger partial charge on any atom is 0.0206 e. The Morgan fingerprint density at radius 1 is 1.42 bits per heavy atom. The maximum absolute atomic E-state index is 6.43. The molecule has 0 heterocycles. The molecule has 1 aliphatic rings. The van der Waals surface area contributed by atoms with Gasteiger partial charge in [0.2, 0.25) is 0 Å². The largest absolute Gasteiger partial charge is 0.325 e. The van der Waals surface area contributed by atoms with Gasteiger partial charge in [-0.2, -0.15) is 0 Å². The molecule has 0 radical (unpaired) electrons. The Morgan fingerprint density at radius 3 is 2.42 bits per heavy atom. The van der Waals surface area contributed by atoms with Crippen LogP contribution in [0.4, 0.5) is 0 Å². The summed E-state index contributed by atoms with van der Waals surface area (Å²) in [6, 6.07) is 0. The van der Waals surface area contributed by atoms with Crippen molar-refractivity contribution in [2.45, 2.75) is 58.9 Å².